The fourth-order valence-corrected chi connectivity index (χ4v) is 3.40. The van der Waals surface area contributed by atoms with Crippen molar-refractivity contribution in [3.05, 3.63) is 72.3 Å². The number of amides is 1. The van der Waals surface area contributed by atoms with E-state index in [0.29, 0.717) is 12.2 Å². The van der Waals surface area contributed by atoms with Gasteiger partial charge in [-0.1, -0.05) is 35.5 Å². The average molecular weight is 363 g/mol. The molecule has 27 heavy (non-hydrogen) atoms. The van der Waals surface area contributed by atoms with Crippen molar-refractivity contribution >= 4 is 11.9 Å². The maximum Gasteiger partial charge on any atom is 0.308 e. The molecular weight excluding hydrogens is 346 g/mol. The van der Waals surface area contributed by atoms with Gasteiger partial charge in [0.2, 0.25) is 0 Å². The zero-order valence-corrected chi connectivity index (χ0v) is 14.3. The number of rotatable bonds is 4. The lowest BCUT2D eigenvalue weighted by molar-refractivity contribution is -0.141. The lowest BCUT2D eigenvalue weighted by atomic mass is 9.89. The molecule has 1 aromatic carbocycles. The van der Waals surface area contributed by atoms with Crippen LogP contribution in [0.5, 0.6) is 0 Å². The van der Waals surface area contributed by atoms with E-state index in [9.17, 15) is 14.7 Å². The highest BCUT2D eigenvalue weighted by Gasteiger charge is 2.41. The normalized spacial score (nSPS) is 19.2. The summed E-state index contributed by atoms with van der Waals surface area (Å²) in [7, 11) is 0. The lowest BCUT2D eigenvalue weighted by Crippen LogP contribution is -2.30. The predicted octanol–water partition coefficient (Wildman–Crippen LogP) is 1.60. The number of carboxylic acids is 1. The quantitative estimate of drug-likeness (QED) is 0.756. The van der Waals surface area contributed by atoms with E-state index in [-0.39, 0.29) is 24.1 Å². The van der Waals surface area contributed by atoms with Crippen LogP contribution in [0.3, 0.4) is 0 Å². The van der Waals surface area contributed by atoms with Crippen molar-refractivity contribution in [2.45, 2.75) is 5.92 Å². The molecule has 1 aliphatic rings. The van der Waals surface area contributed by atoms with Crippen LogP contribution in [-0.2, 0) is 4.79 Å². The van der Waals surface area contributed by atoms with Gasteiger partial charge in [0.05, 0.1) is 24.0 Å². The van der Waals surface area contributed by atoms with Crippen molar-refractivity contribution in [3.8, 4) is 5.69 Å². The summed E-state index contributed by atoms with van der Waals surface area (Å²) in [6.45, 7) is 0.479. The Hall–Kier alpha value is -3.55. The Labute approximate surface area is 155 Å². The molecule has 0 bridgehead atoms. The second-order valence-electron chi connectivity index (χ2n) is 6.43. The van der Waals surface area contributed by atoms with Gasteiger partial charge in [-0.15, -0.1) is 5.10 Å². The third-order valence-corrected chi connectivity index (χ3v) is 4.77. The van der Waals surface area contributed by atoms with Gasteiger partial charge < -0.3 is 10.0 Å². The zero-order chi connectivity index (χ0) is 18.8. The summed E-state index contributed by atoms with van der Waals surface area (Å²) >= 11 is 0. The minimum absolute atomic E-state index is 0.146. The van der Waals surface area contributed by atoms with E-state index in [1.165, 1.54) is 15.8 Å². The topological polar surface area (TPSA) is 101 Å². The lowest BCUT2D eigenvalue weighted by Gasteiger charge is -2.15. The van der Waals surface area contributed by atoms with Gasteiger partial charge in [0.25, 0.3) is 5.91 Å². The third kappa shape index (κ3) is 3.29. The van der Waals surface area contributed by atoms with Crippen LogP contribution in [0.1, 0.15) is 22.0 Å². The van der Waals surface area contributed by atoms with Gasteiger partial charge in [-0.3, -0.25) is 14.6 Å². The van der Waals surface area contributed by atoms with Gasteiger partial charge >= 0.3 is 5.97 Å². The van der Waals surface area contributed by atoms with Crippen LogP contribution < -0.4 is 0 Å². The minimum Gasteiger partial charge on any atom is -0.481 e. The Morgan fingerprint density at radius 3 is 2.59 bits per heavy atom. The van der Waals surface area contributed by atoms with E-state index < -0.39 is 11.9 Å². The fourth-order valence-electron chi connectivity index (χ4n) is 3.40. The highest BCUT2D eigenvalue weighted by molar-refractivity contribution is 5.93. The van der Waals surface area contributed by atoms with Crippen LogP contribution in [0, 0.1) is 5.92 Å². The number of likely N-dealkylation sites (tertiary alicyclic amines) is 1. The molecule has 8 heteroatoms. The van der Waals surface area contributed by atoms with Gasteiger partial charge in [0.1, 0.15) is 0 Å². The van der Waals surface area contributed by atoms with E-state index in [0.717, 1.165) is 5.56 Å². The molecule has 3 aromatic rings. The Morgan fingerprint density at radius 2 is 1.89 bits per heavy atom. The fraction of sp³-hybridized carbons (Fsp3) is 0.211. The van der Waals surface area contributed by atoms with Crippen molar-refractivity contribution in [3.63, 3.8) is 0 Å². The molecule has 0 radical (unpaired) electrons. The van der Waals surface area contributed by atoms with Gasteiger partial charge in [0, 0.05) is 25.2 Å². The second kappa shape index (κ2) is 6.99. The number of carboxylic acid groups (broad SMARTS) is 1. The summed E-state index contributed by atoms with van der Waals surface area (Å²) in [5.41, 5.74) is 1.78. The van der Waals surface area contributed by atoms with Gasteiger partial charge in [-0.25, -0.2) is 4.68 Å². The average Bonchev–Trinajstić information content (AvgIpc) is 3.37. The Kier molecular flexibility index (Phi) is 4.37. The SMILES string of the molecule is O=C(O)[C@@H]1CN(C(=O)c2cn(-c3cccnc3)nn2)C[C@H]1c1ccccc1. The molecule has 1 saturated heterocycles. The van der Waals surface area contributed by atoms with Gasteiger partial charge in [-0.05, 0) is 17.7 Å². The molecule has 136 valence electrons. The standard InChI is InChI=1S/C19H17N5O3/c25-18(17-12-24(22-21-17)14-7-4-8-20-9-14)23-10-15(16(11-23)19(26)27)13-5-2-1-3-6-13/h1-9,12,15-16H,10-11H2,(H,26,27)/t15-,16+/m0/s1. The van der Waals surface area contributed by atoms with Crippen molar-refractivity contribution < 1.29 is 14.7 Å². The first-order chi connectivity index (χ1) is 13.1. The zero-order valence-electron chi connectivity index (χ0n) is 14.3. The summed E-state index contributed by atoms with van der Waals surface area (Å²) in [6.07, 6.45) is 4.79. The Morgan fingerprint density at radius 1 is 1.07 bits per heavy atom. The first-order valence-electron chi connectivity index (χ1n) is 8.53. The van der Waals surface area contributed by atoms with Crippen LogP contribution in [-0.4, -0.2) is 55.0 Å². The van der Waals surface area contributed by atoms with Crippen LogP contribution in [0.4, 0.5) is 0 Å². The number of hydrogen-bond acceptors (Lipinski definition) is 5. The monoisotopic (exact) mass is 363 g/mol. The highest BCUT2D eigenvalue weighted by atomic mass is 16.4. The third-order valence-electron chi connectivity index (χ3n) is 4.77. The van der Waals surface area contributed by atoms with E-state index in [2.05, 4.69) is 15.3 Å². The Bertz CT molecular complexity index is 958. The summed E-state index contributed by atoms with van der Waals surface area (Å²) in [5, 5.41) is 17.5. The van der Waals surface area contributed by atoms with E-state index in [4.69, 9.17) is 0 Å². The number of hydrogen-bond donors (Lipinski definition) is 1. The van der Waals surface area contributed by atoms with Crippen molar-refractivity contribution in [2.24, 2.45) is 5.92 Å². The van der Waals surface area contributed by atoms with Crippen LogP contribution in [0.25, 0.3) is 5.69 Å². The number of nitrogens with zero attached hydrogens (tertiary/aromatic N) is 5. The molecule has 2 aromatic heterocycles. The number of carbonyl (C=O) groups is 2. The number of carbonyl (C=O) groups excluding carboxylic acids is 1. The van der Waals surface area contributed by atoms with E-state index >= 15 is 0 Å². The summed E-state index contributed by atoms with van der Waals surface area (Å²) in [6, 6.07) is 13.0. The van der Waals surface area contributed by atoms with Crippen molar-refractivity contribution in [1.82, 2.24) is 24.9 Å². The van der Waals surface area contributed by atoms with Crippen LogP contribution >= 0.6 is 0 Å². The van der Waals surface area contributed by atoms with Gasteiger partial charge in [-0.2, -0.15) is 0 Å². The second-order valence-corrected chi connectivity index (χ2v) is 6.43. The number of aromatic nitrogens is 4. The molecule has 0 spiro atoms. The van der Waals surface area contributed by atoms with E-state index in [1.54, 1.807) is 24.5 Å². The Balaban J connectivity index is 1.56. The molecule has 1 aliphatic heterocycles. The molecule has 1 fully saturated rings. The molecular formula is C19H17N5O3. The van der Waals surface area contributed by atoms with Crippen LogP contribution in [0.2, 0.25) is 0 Å². The molecule has 4 rings (SSSR count). The van der Waals surface area contributed by atoms with Crippen molar-refractivity contribution in [1.29, 1.82) is 0 Å². The highest BCUT2D eigenvalue weighted by Crippen LogP contribution is 2.33. The predicted molar refractivity (Wildman–Crippen MR) is 95.4 cm³/mol. The van der Waals surface area contributed by atoms with E-state index in [1.807, 2.05) is 30.3 Å². The molecule has 8 nitrogen and oxygen atoms in total. The molecule has 0 aliphatic carbocycles. The number of pyridine rings is 1. The van der Waals surface area contributed by atoms with Crippen LogP contribution in [0.15, 0.2) is 61.1 Å². The maximum atomic E-state index is 12.8. The summed E-state index contributed by atoms with van der Waals surface area (Å²) in [4.78, 5) is 30.1. The molecule has 3 heterocycles. The number of aliphatic carboxylic acids is 1. The molecule has 1 amide bonds. The molecule has 0 saturated carbocycles. The smallest absolute Gasteiger partial charge is 0.308 e. The number of benzene rings is 1. The van der Waals surface area contributed by atoms with Gasteiger partial charge in [0.15, 0.2) is 5.69 Å². The molecule has 2 atom stereocenters. The first-order valence-corrected chi connectivity index (χ1v) is 8.53. The molecule has 0 unspecified atom stereocenters. The summed E-state index contributed by atoms with van der Waals surface area (Å²) < 4.78 is 1.47. The van der Waals surface area contributed by atoms with Crippen molar-refractivity contribution in [2.75, 3.05) is 13.1 Å². The first kappa shape index (κ1) is 16.9. The maximum absolute atomic E-state index is 12.8. The minimum atomic E-state index is -0.904. The summed E-state index contributed by atoms with van der Waals surface area (Å²) in [5.74, 6) is -2.13. The molecule has 1 N–H and O–H groups in total. The largest absolute Gasteiger partial charge is 0.481 e.